The molecule has 1 atom stereocenters. The third-order valence-corrected chi connectivity index (χ3v) is 2.25. The normalized spacial score (nSPS) is 12.5. The predicted molar refractivity (Wildman–Crippen MR) is 55.9 cm³/mol. The number of hydrogen-bond donors (Lipinski definition) is 2. The molecule has 0 fully saturated rings. The van der Waals surface area contributed by atoms with Crippen molar-refractivity contribution in [2.24, 2.45) is 5.73 Å². The van der Waals surface area contributed by atoms with Crippen LogP contribution in [0.1, 0.15) is 6.42 Å². The van der Waals surface area contributed by atoms with E-state index in [1.54, 1.807) is 18.8 Å². The van der Waals surface area contributed by atoms with Crippen molar-refractivity contribution < 1.29 is 9.53 Å². The van der Waals surface area contributed by atoms with Gasteiger partial charge in [0.1, 0.15) is 12.6 Å². The third kappa shape index (κ3) is 5.90. The second-order valence-electron chi connectivity index (χ2n) is 2.58. The van der Waals surface area contributed by atoms with Gasteiger partial charge in [-0.2, -0.15) is 11.8 Å². The van der Waals surface area contributed by atoms with E-state index in [1.165, 1.54) is 0 Å². The van der Waals surface area contributed by atoms with Crippen LogP contribution in [0.4, 0.5) is 0 Å². The minimum atomic E-state index is -0.206. The summed E-state index contributed by atoms with van der Waals surface area (Å²) in [6.07, 6.45) is 2.80. The van der Waals surface area contributed by atoms with E-state index in [0.29, 0.717) is 13.2 Å². The van der Waals surface area contributed by atoms with Crippen molar-refractivity contribution in [2.45, 2.75) is 12.5 Å². The number of likely N-dealkylation sites (N-methyl/N-ethyl adjacent to an activating group) is 1. The first-order valence-corrected chi connectivity index (χ1v) is 5.68. The molecule has 13 heavy (non-hydrogen) atoms. The molecule has 78 valence electrons. The zero-order valence-electron chi connectivity index (χ0n) is 8.21. The summed E-state index contributed by atoms with van der Waals surface area (Å²) in [6.45, 7) is 0.682. The molecule has 0 radical (unpaired) electrons. The number of nitrogens with one attached hydrogen (secondary N) is 1. The summed E-state index contributed by atoms with van der Waals surface area (Å²) in [5, 5.41) is 2.92. The monoisotopic (exact) mass is 206 g/mol. The molecule has 0 aromatic carbocycles. The molecule has 0 aromatic heterocycles. The lowest BCUT2D eigenvalue weighted by Crippen LogP contribution is -2.36. The molecule has 4 nitrogen and oxygen atoms in total. The molecule has 0 amide bonds. The Morgan fingerprint density at radius 1 is 1.69 bits per heavy atom. The van der Waals surface area contributed by atoms with Gasteiger partial charge in [-0.1, -0.05) is 0 Å². The Hall–Kier alpha value is -0.260. The van der Waals surface area contributed by atoms with E-state index in [4.69, 9.17) is 10.5 Å². The Labute approximate surface area is 83.6 Å². The highest BCUT2D eigenvalue weighted by atomic mass is 32.2. The van der Waals surface area contributed by atoms with Gasteiger partial charge < -0.3 is 15.8 Å². The molecule has 0 saturated heterocycles. The fourth-order valence-electron chi connectivity index (χ4n) is 0.876. The first-order chi connectivity index (χ1) is 6.26. The van der Waals surface area contributed by atoms with Crippen molar-refractivity contribution in [3.8, 4) is 0 Å². The molecule has 0 rings (SSSR count). The zero-order valence-corrected chi connectivity index (χ0v) is 9.02. The van der Waals surface area contributed by atoms with E-state index in [1.807, 2.05) is 6.26 Å². The molecule has 0 aliphatic carbocycles. The number of carbonyl (C=O) groups excluding carboxylic acids is 1. The predicted octanol–water partition coefficient (Wildman–Crippen LogP) is -0.171. The molecule has 0 aliphatic heterocycles. The van der Waals surface area contributed by atoms with Crippen molar-refractivity contribution in [2.75, 3.05) is 32.2 Å². The van der Waals surface area contributed by atoms with Gasteiger partial charge in [0.2, 0.25) is 0 Å². The van der Waals surface area contributed by atoms with Crippen LogP contribution in [0.25, 0.3) is 0 Å². The summed E-state index contributed by atoms with van der Waals surface area (Å²) in [5.41, 5.74) is 5.22. The Balaban J connectivity index is 3.71. The van der Waals surface area contributed by atoms with Crippen molar-refractivity contribution in [3.63, 3.8) is 0 Å². The molecule has 0 aliphatic rings. The molecule has 0 unspecified atom stereocenters. The molecule has 5 heteroatoms. The fourth-order valence-corrected chi connectivity index (χ4v) is 1.35. The number of rotatable bonds is 7. The second kappa shape index (κ2) is 8.34. The average Bonchev–Trinajstić information content (AvgIpc) is 2.16. The average molecular weight is 206 g/mol. The third-order valence-electron chi connectivity index (χ3n) is 1.61. The lowest BCUT2D eigenvalue weighted by Gasteiger charge is -2.13. The molecule has 0 aromatic rings. The van der Waals surface area contributed by atoms with Crippen LogP contribution >= 0.6 is 11.8 Å². The SMILES string of the molecule is CN[C@@H](CCSC)C(=O)OCCN. The highest BCUT2D eigenvalue weighted by molar-refractivity contribution is 7.98. The quantitative estimate of drug-likeness (QED) is 0.566. The van der Waals surface area contributed by atoms with E-state index in [-0.39, 0.29) is 12.0 Å². The first kappa shape index (κ1) is 12.7. The number of thioether (sulfide) groups is 1. The Kier molecular flexibility index (Phi) is 8.18. The summed E-state index contributed by atoms with van der Waals surface area (Å²) in [7, 11) is 1.76. The maximum absolute atomic E-state index is 11.3. The molecular weight excluding hydrogens is 188 g/mol. The molecular formula is C8H18N2O2S. The number of hydrogen-bond acceptors (Lipinski definition) is 5. The van der Waals surface area contributed by atoms with E-state index >= 15 is 0 Å². The van der Waals surface area contributed by atoms with E-state index < -0.39 is 0 Å². The van der Waals surface area contributed by atoms with Gasteiger partial charge in [-0.05, 0) is 25.5 Å². The second-order valence-corrected chi connectivity index (χ2v) is 3.56. The molecule has 3 N–H and O–H groups in total. The van der Waals surface area contributed by atoms with Crippen LogP contribution in [0.3, 0.4) is 0 Å². The van der Waals surface area contributed by atoms with Gasteiger partial charge in [-0.25, -0.2) is 0 Å². The van der Waals surface area contributed by atoms with Crippen molar-refractivity contribution in [1.82, 2.24) is 5.32 Å². The van der Waals surface area contributed by atoms with Crippen LogP contribution in [0.5, 0.6) is 0 Å². The summed E-state index contributed by atoms with van der Waals surface area (Å²) in [4.78, 5) is 11.3. The van der Waals surface area contributed by atoms with Gasteiger partial charge in [0.25, 0.3) is 0 Å². The standard InChI is InChI=1S/C8H18N2O2S/c1-10-7(3-6-13-2)8(11)12-5-4-9/h7,10H,3-6,9H2,1-2H3/t7-/m0/s1. The Bertz CT molecular complexity index is 144. The summed E-state index contributed by atoms with van der Waals surface area (Å²) in [5.74, 6) is 0.741. The summed E-state index contributed by atoms with van der Waals surface area (Å²) >= 11 is 1.71. The number of carbonyl (C=O) groups is 1. The molecule has 0 bridgehead atoms. The lowest BCUT2D eigenvalue weighted by atomic mass is 10.2. The van der Waals surface area contributed by atoms with Crippen molar-refractivity contribution >= 4 is 17.7 Å². The maximum Gasteiger partial charge on any atom is 0.323 e. The smallest absolute Gasteiger partial charge is 0.323 e. The number of esters is 1. The molecule has 0 saturated carbocycles. The van der Waals surface area contributed by atoms with Gasteiger partial charge in [-0.15, -0.1) is 0 Å². The maximum atomic E-state index is 11.3. The zero-order chi connectivity index (χ0) is 10.1. The Morgan fingerprint density at radius 2 is 2.38 bits per heavy atom. The largest absolute Gasteiger partial charge is 0.463 e. The van der Waals surface area contributed by atoms with E-state index in [2.05, 4.69) is 5.32 Å². The molecule has 0 heterocycles. The van der Waals surface area contributed by atoms with Crippen molar-refractivity contribution in [3.05, 3.63) is 0 Å². The number of ether oxygens (including phenoxy) is 1. The summed E-state index contributed by atoms with van der Waals surface area (Å²) < 4.78 is 4.91. The van der Waals surface area contributed by atoms with E-state index in [9.17, 15) is 4.79 Å². The van der Waals surface area contributed by atoms with E-state index in [0.717, 1.165) is 12.2 Å². The summed E-state index contributed by atoms with van der Waals surface area (Å²) in [6, 6.07) is -0.195. The Morgan fingerprint density at radius 3 is 2.85 bits per heavy atom. The highest BCUT2D eigenvalue weighted by Gasteiger charge is 2.16. The van der Waals surface area contributed by atoms with Crippen LogP contribution in [-0.4, -0.2) is 44.2 Å². The van der Waals surface area contributed by atoms with Crippen molar-refractivity contribution in [1.29, 1.82) is 0 Å². The van der Waals surface area contributed by atoms with Gasteiger partial charge in [0.05, 0.1) is 0 Å². The van der Waals surface area contributed by atoms with Gasteiger partial charge in [0, 0.05) is 6.54 Å². The highest BCUT2D eigenvalue weighted by Crippen LogP contribution is 2.01. The van der Waals surface area contributed by atoms with Gasteiger partial charge in [-0.3, -0.25) is 4.79 Å². The van der Waals surface area contributed by atoms with Gasteiger partial charge in [0.15, 0.2) is 0 Å². The lowest BCUT2D eigenvalue weighted by molar-refractivity contribution is -0.145. The minimum absolute atomic E-state index is 0.195. The first-order valence-electron chi connectivity index (χ1n) is 4.29. The molecule has 0 spiro atoms. The topological polar surface area (TPSA) is 64.3 Å². The van der Waals surface area contributed by atoms with Crippen LogP contribution in [0, 0.1) is 0 Å². The van der Waals surface area contributed by atoms with Crippen LogP contribution in [0.2, 0.25) is 0 Å². The number of nitrogens with two attached hydrogens (primary N) is 1. The van der Waals surface area contributed by atoms with Crippen LogP contribution in [-0.2, 0) is 9.53 Å². The van der Waals surface area contributed by atoms with Gasteiger partial charge >= 0.3 is 5.97 Å². The fraction of sp³-hybridized carbons (Fsp3) is 0.875. The van der Waals surface area contributed by atoms with Crippen LogP contribution < -0.4 is 11.1 Å². The minimum Gasteiger partial charge on any atom is -0.463 e. The van der Waals surface area contributed by atoms with Crippen LogP contribution in [0.15, 0.2) is 0 Å².